The van der Waals surface area contributed by atoms with Crippen molar-refractivity contribution in [2.75, 3.05) is 32.8 Å². The summed E-state index contributed by atoms with van der Waals surface area (Å²) in [5, 5.41) is 32.6. The number of aliphatic hydroxyl groups excluding tert-OH is 2. The van der Waals surface area contributed by atoms with Gasteiger partial charge in [0.05, 0.1) is 18.8 Å². The van der Waals surface area contributed by atoms with Gasteiger partial charge in [-0.25, -0.2) is 0 Å². The second kappa shape index (κ2) is 6.06. The highest BCUT2D eigenvalue weighted by molar-refractivity contribution is 5.05. The monoisotopic (exact) mass is 274 g/mol. The van der Waals surface area contributed by atoms with Crippen molar-refractivity contribution < 1.29 is 15.3 Å². The minimum Gasteiger partial charge on any atom is -0.395 e. The summed E-state index contributed by atoms with van der Waals surface area (Å²) in [7, 11) is 0. The molecule has 0 aromatic rings. The van der Waals surface area contributed by atoms with Gasteiger partial charge in [0.1, 0.15) is 0 Å². The summed E-state index contributed by atoms with van der Waals surface area (Å²) >= 11 is 0. The molecule has 1 saturated heterocycles. The summed E-state index contributed by atoms with van der Waals surface area (Å²) in [6.45, 7) is 9.93. The highest BCUT2D eigenvalue weighted by atomic mass is 16.3. The van der Waals surface area contributed by atoms with Gasteiger partial charge in [-0.15, -0.1) is 0 Å². The number of nitrogens with one attached hydrogen (secondary N) is 1. The molecule has 1 aliphatic heterocycles. The summed E-state index contributed by atoms with van der Waals surface area (Å²) in [4.78, 5) is 1.93. The second-order valence-electron chi connectivity index (χ2n) is 7.19. The maximum atomic E-state index is 10.9. The lowest BCUT2D eigenvalue weighted by atomic mass is 9.72. The smallest absolute Gasteiger partial charge is 0.0808 e. The molecule has 0 atom stereocenters. The molecule has 5 heteroatoms. The largest absolute Gasteiger partial charge is 0.395 e. The van der Waals surface area contributed by atoms with E-state index in [4.69, 9.17) is 10.2 Å². The molecule has 1 heterocycles. The van der Waals surface area contributed by atoms with E-state index in [1.54, 1.807) is 0 Å². The van der Waals surface area contributed by atoms with Gasteiger partial charge in [-0.1, -0.05) is 0 Å². The first kappa shape index (κ1) is 16.9. The molecule has 0 amide bonds. The van der Waals surface area contributed by atoms with Crippen molar-refractivity contribution in [3.05, 3.63) is 0 Å². The Morgan fingerprint density at radius 1 is 0.947 bits per heavy atom. The van der Waals surface area contributed by atoms with Crippen molar-refractivity contribution in [2.24, 2.45) is 0 Å². The summed E-state index contributed by atoms with van der Waals surface area (Å²) in [6, 6.07) is 0. The third-order valence-electron chi connectivity index (χ3n) is 3.57. The highest BCUT2D eigenvalue weighted by Crippen LogP contribution is 2.36. The van der Waals surface area contributed by atoms with Crippen LogP contribution in [0.2, 0.25) is 0 Å². The molecule has 0 bridgehead atoms. The molecule has 0 unspecified atom stereocenters. The highest BCUT2D eigenvalue weighted by Gasteiger charge is 2.46. The molecule has 4 N–H and O–H groups in total. The maximum Gasteiger partial charge on any atom is 0.0808 e. The van der Waals surface area contributed by atoms with E-state index in [0.29, 0.717) is 32.5 Å². The van der Waals surface area contributed by atoms with Crippen LogP contribution >= 0.6 is 0 Å². The van der Waals surface area contributed by atoms with E-state index in [1.165, 1.54) is 0 Å². The molecule has 1 fully saturated rings. The van der Waals surface area contributed by atoms with Gasteiger partial charge in [-0.3, -0.25) is 4.90 Å². The minimum absolute atomic E-state index is 0.0428. The first-order chi connectivity index (χ1) is 8.61. The van der Waals surface area contributed by atoms with E-state index in [2.05, 4.69) is 33.0 Å². The topological polar surface area (TPSA) is 76.0 Å². The molecule has 0 spiro atoms. The van der Waals surface area contributed by atoms with Crippen molar-refractivity contribution >= 4 is 0 Å². The van der Waals surface area contributed by atoms with Gasteiger partial charge >= 0.3 is 0 Å². The predicted molar refractivity (Wildman–Crippen MR) is 76.1 cm³/mol. The Balaban J connectivity index is 2.77. The van der Waals surface area contributed by atoms with E-state index in [1.807, 2.05) is 4.90 Å². The van der Waals surface area contributed by atoms with Gasteiger partial charge in [-0.2, -0.15) is 0 Å². The van der Waals surface area contributed by atoms with Crippen LogP contribution < -0.4 is 5.32 Å². The molecular weight excluding hydrogens is 244 g/mol. The van der Waals surface area contributed by atoms with E-state index in [9.17, 15) is 5.11 Å². The van der Waals surface area contributed by atoms with Crippen LogP contribution in [0.15, 0.2) is 0 Å². The Labute approximate surface area is 116 Å². The average molecular weight is 274 g/mol. The van der Waals surface area contributed by atoms with Gasteiger partial charge < -0.3 is 20.6 Å². The molecule has 1 rings (SSSR count). The van der Waals surface area contributed by atoms with Crippen LogP contribution in [-0.4, -0.2) is 69.7 Å². The molecule has 0 radical (unpaired) electrons. The van der Waals surface area contributed by atoms with Crippen LogP contribution in [0.1, 0.15) is 40.5 Å². The lowest BCUT2D eigenvalue weighted by Gasteiger charge is -2.51. The average Bonchev–Trinajstić information content (AvgIpc) is 2.10. The van der Waals surface area contributed by atoms with Gasteiger partial charge in [0.15, 0.2) is 0 Å². The summed E-state index contributed by atoms with van der Waals surface area (Å²) in [5.74, 6) is 0. The van der Waals surface area contributed by atoms with Crippen LogP contribution in [0.4, 0.5) is 0 Å². The molecule has 0 aliphatic carbocycles. The normalized spacial score (nSPS) is 24.6. The Bertz CT molecular complexity index is 270. The third-order valence-corrected chi connectivity index (χ3v) is 3.57. The molecule has 19 heavy (non-hydrogen) atoms. The van der Waals surface area contributed by atoms with E-state index < -0.39 is 5.60 Å². The van der Waals surface area contributed by atoms with Crippen LogP contribution in [0.5, 0.6) is 0 Å². The third kappa shape index (κ3) is 5.36. The molecule has 114 valence electrons. The summed E-state index contributed by atoms with van der Waals surface area (Å²) in [6.07, 6.45) is 1.33. The molecule has 0 aromatic heterocycles. The van der Waals surface area contributed by atoms with Gasteiger partial charge in [-0.05, 0) is 40.5 Å². The molecule has 0 saturated carbocycles. The van der Waals surface area contributed by atoms with Crippen molar-refractivity contribution in [3.8, 4) is 0 Å². The van der Waals surface area contributed by atoms with Crippen LogP contribution in [0.3, 0.4) is 0 Å². The predicted octanol–water partition coefficient (Wildman–Crippen LogP) is -0.0553. The first-order valence-corrected chi connectivity index (χ1v) is 7.07. The summed E-state index contributed by atoms with van der Waals surface area (Å²) in [5.41, 5.74) is -1.04. The van der Waals surface area contributed by atoms with E-state index in [-0.39, 0.29) is 24.3 Å². The summed E-state index contributed by atoms with van der Waals surface area (Å²) < 4.78 is 0. The Morgan fingerprint density at radius 3 is 1.74 bits per heavy atom. The van der Waals surface area contributed by atoms with E-state index in [0.717, 1.165) is 0 Å². The van der Waals surface area contributed by atoms with Crippen LogP contribution in [-0.2, 0) is 0 Å². The maximum absolute atomic E-state index is 10.9. The van der Waals surface area contributed by atoms with Crippen molar-refractivity contribution in [1.82, 2.24) is 10.2 Å². The van der Waals surface area contributed by atoms with Crippen LogP contribution in [0, 0.1) is 0 Å². The van der Waals surface area contributed by atoms with Gasteiger partial charge in [0.25, 0.3) is 0 Å². The second-order valence-corrected chi connectivity index (χ2v) is 7.19. The Hall–Kier alpha value is -0.200. The fourth-order valence-electron chi connectivity index (χ4n) is 3.79. The van der Waals surface area contributed by atoms with Crippen molar-refractivity contribution in [1.29, 1.82) is 0 Å². The van der Waals surface area contributed by atoms with Crippen molar-refractivity contribution in [2.45, 2.75) is 57.2 Å². The zero-order valence-corrected chi connectivity index (χ0v) is 12.7. The molecule has 5 nitrogen and oxygen atoms in total. The zero-order valence-electron chi connectivity index (χ0n) is 12.7. The minimum atomic E-state index is -0.789. The Morgan fingerprint density at radius 2 is 1.37 bits per heavy atom. The number of hydrogen-bond acceptors (Lipinski definition) is 5. The quantitative estimate of drug-likeness (QED) is 0.546. The number of piperidine rings is 1. The number of aliphatic hydroxyl groups is 3. The molecule has 0 aromatic carbocycles. The number of nitrogens with zero attached hydrogens (tertiary/aromatic N) is 1. The lowest BCUT2D eigenvalue weighted by molar-refractivity contribution is -0.0779. The van der Waals surface area contributed by atoms with Gasteiger partial charge in [0.2, 0.25) is 0 Å². The van der Waals surface area contributed by atoms with Gasteiger partial charge in [0, 0.05) is 30.7 Å². The molecule has 1 aliphatic rings. The number of rotatable bonds is 6. The molecular formula is C14H30N2O3. The first-order valence-electron chi connectivity index (χ1n) is 7.07. The lowest BCUT2D eigenvalue weighted by Crippen LogP contribution is -2.65. The standard InChI is InChI=1S/C14H30N2O3/c1-12(2)9-14(19,10-13(3,4)15-12)11-16(5-7-17)6-8-18/h15,17-19H,5-11H2,1-4H3. The number of hydrogen-bond donors (Lipinski definition) is 4. The fraction of sp³-hybridized carbons (Fsp3) is 1.00. The van der Waals surface area contributed by atoms with Crippen molar-refractivity contribution in [3.63, 3.8) is 0 Å². The Kier molecular flexibility index (Phi) is 5.37. The van der Waals surface area contributed by atoms with E-state index >= 15 is 0 Å². The fourth-order valence-corrected chi connectivity index (χ4v) is 3.79. The SMILES string of the molecule is CC1(C)CC(O)(CN(CCO)CCO)CC(C)(C)N1. The zero-order chi connectivity index (χ0) is 14.7. The van der Waals surface area contributed by atoms with Crippen LogP contribution in [0.25, 0.3) is 0 Å².